The molecule has 0 saturated carbocycles. The normalized spacial score (nSPS) is 10.3. The second kappa shape index (κ2) is 5.01. The second-order valence-electron chi connectivity index (χ2n) is 3.31. The lowest BCUT2D eigenvalue weighted by Crippen LogP contribution is -2.02. The number of nitrogens with zero attached hydrogens (tertiary/aromatic N) is 3. The van der Waals surface area contributed by atoms with Crippen LogP contribution in [0.15, 0.2) is 16.7 Å². The van der Waals surface area contributed by atoms with Gasteiger partial charge in [-0.2, -0.15) is 0 Å². The fourth-order valence-corrected chi connectivity index (χ4v) is 1.50. The average Bonchev–Trinajstić information content (AvgIpc) is 2.73. The van der Waals surface area contributed by atoms with Gasteiger partial charge in [-0.05, 0) is 12.1 Å². The highest BCUT2D eigenvalue weighted by Gasteiger charge is 2.05. The summed E-state index contributed by atoms with van der Waals surface area (Å²) in [4.78, 5) is 8.14. The van der Waals surface area contributed by atoms with Crippen molar-refractivity contribution in [1.82, 2.24) is 15.1 Å². The SMILES string of the molecule is COc1cc(CNc2cc(Cl)nc(C)n2)on1. The van der Waals surface area contributed by atoms with E-state index < -0.39 is 0 Å². The molecule has 0 bridgehead atoms. The molecule has 6 nitrogen and oxygen atoms in total. The molecule has 2 heterocycles. The molecular formula is C10H11ClN4O2. The van der Waals surface area contributed by atoms with Gasteiger partial charge in [-0.1, -0.05) is 11.6 Å². The van der Waals surface area contributed by atoms with E-state index >= 15 is 0 Å². The van der Waals surface area contributed by atoms with Gasteiger partial charge in [-0.15, -0.1) is 0 Å². The van der Waals surface area contributed by atoms with Crippen molar-refractivity contribution in [3.8, 4) is 5.88 Å². The first kappa shape index (κ1) is 11.7. The molecule has 0 atom stereocenters. The number of rotatable bonds is 4. The van der Waals surface area contributed by atoms with Gasteiger partial charge in [0, 0.05) is 12.1 Å². The van der Waals surface area contributed by atoms with Crippen molar-refractivity contribution < 1.29 is 9.26 Å². The number of aryl methyl sites for hydroxylation is 1. The van der Waals surface area contributed by atoms with Crippen LogP contribution in [0, 0.1) is 6.92 Å². The van der Waals surface area contributed by atoms with Crippen LogP contribution < -0.4 is 10.1 Å². The summed E-state index contributed by atoms with van der Waals surface area (Å²) in [6, 6.07) is 3.34. The van der Waals surface area contributed by atoms with Crippen LogP contribution in [-0.2, 0) is 6.54 Å². The molecule has 17 heavy (non-hydrogen) atoms. The molecule has 0 aromatic carbocycles. The standard InChI is InChI=1S/C10H11ClN4O2/c1-6-13-8(11)4-9(14-6)12-5-7-3-10(16-2)15-17-7/h3-4H,5H2,1-2H3,(H,12,13,14). The van der Waals surface area contributed by atoms with E-state index in [1.54, 1.807) is 19.1 Å². The lowest BCUT2D eigenvalue weighted by Gasteiger charge is -2.03. The third-order valence-corrected chi connectivity index (χ3v) is 2.19. The quantitative estimate of drug-likeness (QED) is 0.842. The van der Waals surface area contributed by atoms with Crippen LogP contribution in [-0.4, -0.2) is 22.2 Å². The van der Waals surface area contributed by atoms with Crippen molar-refractivity contribution in [1.29, 1.82) is 0 Å². The lowest BCUT2D eigenvalue weighted by atomic mass is 10.4. The van der Waals surface area contributed by atoms with E-state index in [-0.39, 0.29) is 0 Å². The Labute approximate surface area is 103 Å². The molecule has 1 N–H and O–H groups in total. The topological polar surface area (TPSA) is 73.1 Å². The highest BCUT2D eigenvalue weighted by atomic mass is 35.5. The summed E-state index contributed by atoms with van der Waals surface area (Å²) in [6.45, 7) is 2.22. The maximum absolute atomic E-state index is 5.81. The first-order chi connectivity index (χ1) is 8.17. The molecule has 2 aromatic heterocycles. The Morgan fingerprint density at radius 1 is 1.41 bits per heavy atom. The summed E-state index contributed by atoms with van der Waals surface area (Å²) in [5.41, 5.74) is 0. The summed E-state index contributed by atoms with van der Waals surface area (Å²) in [5.74, 6) is 2.33. The summed E-state index contributed by atoms with van der Waals surface area (Å²) >= 11 is 5.81. The fourth-order valence-electron chi connectivity index (χ4n) is 1.27. The van der Waals surface area contributed by atoms with Crippen molar-refractivity contribution in [2.24, 2.45) is 0 Å². The summed E-state index contributed by atoms with van der Waals surface area (Å²) in [5, 5.41) is 7.14. The van der Waals surface area contributed by atoms with Gasteiger partial charge in [-0.25, -0.2) is 9.97 Å². The van der Waals surface area contributed by atoms with Crippen molar-refractivity contribution >= 4 is 17.4 Å². The summed E-state index contributed by atoms with van der Waals surface area (Å²) < 4.78 is 9.93. The lowest BCUT2D eigenvalue weighted by molar-refractivity contribution is 0.328. The number of halogens is 1. The molecule has 90 valence electrons. The summed E-state index contributed by atoms with van der Waals surface area (Å²) in [6.07, 6.45) is 0. The molecule has 0 aliphatic heterocycles. The van der Waals surface area contributed by atoms with Crippen LogP contribution >= 0.6 is 11.6 Å². The number of hydrogen-bond donors (Lipinski definition) is 1. The molecular weight excluding hydrogens is 244 g/mol. The largest absolute Gasteiger partial charge is 0.479 e. The zero-order valence-electron chi connectivity index (χ0n) is 9.40. The smallest absolute Gasteiger partial charge is 0.254 e. The minimum Gasteiger partial charge on any atom is -0.479 e. The first-order valence-electron chi connectivity index (χ1n) is 4.92. The van der Waals surface area contributed by atoms with Crippen LogP contribution in [0.25, 0.3) is 0 Å². The van der Waals surface area contributed by atoms with E-state index in [1.807, 2.05) is 0 Å². The van der Waals surface area contributed by atoms with Crippen molar-refractivity contribution in [3.05, 3.63) is 28.9 Å². The van der Waals surface area contributed by atoms with E-state index in [2.05, 4.69) is 20.4 Å². The third-order valence-electron chi connectivity index (χ3n) is 2.00. The Morgan fingerprint density at radius 3 is 2.88 bits per heavy atom. The van der Waals surface area contributed by atoms with Gasteiger partial charge in [-0.3, -0.25) is 0 Å². The molecule has 2 aromatic rings. The predicted molar refractivity (Wildman–Crippen MR) is 62.2 cm³/mol. The number of nitrogens with one attached hydrogen (secondary N) is 1. The molecule has 0 fully saturated rings. The highest BCUT2D eigenvalue weighted by molar-refractivity contribution is 6.29. The van der Waals surface area contributed by atoms with E-state index in [1.165, 1.54) is 7.11 Å². The maximum atomic E-state index is 5.81. The second-order valence-corrected chi connectivity index (χ2v) is 3.70. The van der Waals surface area contributed by atoms with Gasteiger partial charge in [0.25, 0.3) is 5.88 Å². The molecule has 0 radical (unpaired) electrons. The summed E-state index contributed by atoms with van der Waals surface area (Å²) in [7, 11) is 1.53. The zero-order chi connectivity index (χ0) is 12.3. The Morgan fingerprint density at radius 2 is 2.24 bits per heavy atom. The van der Waals surface area contributed by atoms with E-state index in [9.17, 15) is 0 Å². The molecule has 0 amide bonds. The highest BCUT2D eigenvalue weighted by Crippen LogP contribution is 2.14. The minimum absolute atomic E-state index is 0.398. The van der Waals surface area contributed by atoms with E-state index in [0.29, 0.717) is 35.0 Å². The first-order valence-corrected chi connectivity index (χ1v) is 5.30. The predicted octanol–water partition coefficient (Wildman–Crippen LogP) is 2.05. The number of methoxy groups -OCH3 is 1. The fraction of sp³-hybridized carbons (Fsp3) is 0.300. The van der Waals surface area contributed by atoms with Crippen molar-refractivity contribution in [2.75, 3.05) is 12.4 Å². The maximum Gasteiger partial charge on any atom is 0.254 e. The van der Waals surface area contributed by atoms with E-state index in [0.717, 1.165) is 0 Å². The van der Waals surface area contributed by atoms with Crippen LogP contribution in [0.3, 0.4) is 0 Å². The van der Waals surface area contributed by atoms with Gasteiger partial charge >= 0.3 is 0 Å². The van der Waals surface area contributed by atoms with Gasteiger partial charge < -0.3 is 14.6 Å². The minimum atomic E-state index is 0.398. The molecule has 0 aliphatic rings. The molecule has 0 unspecified atom stereocenters. The van der Waals surface area contributed by atoms with Crippen molar-refractivity contribution in [3.63, 3.8) is 0 Å². The number of anilines is 1. The Balaban J connectivity index is 2.01. The van der Waals surface area contributed by atoms with Crippen LogP contribution in [0.5, 0.6) is 5.88 Å². The Kier molecular flexibility index (Phi) is 3.43. The molecule has 0 spiro atoms. The van der Waals surface area contributed by atoms with Crippen molar-refractivity contribution in [2.45, 2.75) is 13.5 Å². The number of aromatic nitrogens is 3. The zero-order valence-corrected chi connectivity index (χ0v) is 10.2. The van der Waals surface area contributed by atoms with Gasteiger partial charge in [0.2, 0.25) is 0 Å². The average molecular weight is 255 g/mol. The van der Waals surface area contributed by atoms with Crippen LogP contribution in [0.4, 0.5) is 5.82 Å². The molecule has 0 saturated heterocycles. The molecule has 0 aliphatic carbocycles. The van der Waals surface area contributed by atoms with Gasteiger partial charge in [0.1, 0.15) is 16.8 Å². The van der Waals surface area contributed by atoms with Gasteiger partial charge in [0.15, 0.2) is 5.76 Å². The molecule has 2 rings (SSSR count). The monoisotopic (exact) mass is 254 g/mol. The molecule has 7 heteroatoms. The van der Waals surface area contributed by atoms with Crippen LogP contribution in [0.1, 0.15) is 11.6 Å². The van der Waals surface area contributed by atoms with E-state index in [4.69, 9.17) is 20.9 Å². The Bertz CT molecular complexity index is 495. The van der Waals surface area contributed by atoms with Crippen LogP contribution in [0.2, 0.25) is 5.15 Å². The third kappa shape index (κ3) is 3.07. The number of hydrogen-bond acceptors (Lipinski definition) is 6. The van der Waals surface area contributed by atoms with Gasteiger partial charge in [0.05, 0.1) is 13.7 Å². The number of ether oxygens (including phenoxy) is 1. The Hall–Kier alpha value is -1.82.